The molecule has 42 heteroatoms. The number of amides is 8. The van der Waals surface area contributed by atoms with Crippen LogP contribution in [0, 0.1) is 11.8 Å². The molecule has 9 aliphatic rings. The fourth-order valence-electron chi connectivity index (χ4n) is 19.6. The number of unbranched alkanes of at least 4 members (excludes halogenated alkanes) is 1. The average Bonchev–Trinajstić information content (AvgIpc) is 1.55. The Labute approximate surface area is 863 Å². The number of ether oxygens (including phenoxy) is 10. The molecule has 8 aliphatic heterocycles. The van der Waals surface area contributed by atoms with Gasteiger partial charge in [-0.3, -0.25) is 43.3 Å². The predicted octanol–water partition coefficient (Wildman–Crippen LogP) is 8.70. The molecule has 0 spiro atoms. The van der Waals surface area contributed by atoms with Crippen LogP contribution < -0.4 is 57.2 Å². The molecule has 3 fully saturated rings. The predicted molar refractivity (Wildman–Crippen MR) is 533 cm³/mol. The largest absolute Gasteiger partial charge is 0.508 e. The highest BCUT2D eigenvalue weighted by atomic mass is 35.5. The Bertz CT molecular complexity index is 6060. The van der Waals surface area contributed by atoms with Crippen LogP contribution in [0.3, 0.4) is 0 Å². The lowest BCUT2D eigenvalue weighted by atomic mass is 9.84. The second-order valence-corrected chi connectivity index (χ2v) is 40.3. The number of primary amides is 1. The Morgan fingerprint density at radius 3 is 1.91 bits per heavy atom. The molecule has 22 atom stereocenters. The van der Waals surface area contributed by atoms with E-state index in [2.05, 4.69) is 55.3 Å². The van der Waals surface area contributed by atoms with E-state index >= 15 is 33.6 Å². The maximum atomic E-state index is 17.2. The summed E-state index contributed by atoms with van der Waals surface area (Å²) in [6.07, 6.45) is -23.7. The number of nitrogens with one attached hydrogen (secondary N) is 7. The number of rotatable bonds is 31. The fraction of sp³-hybridized carbons (Fsp3) is 0.467. The standard InChI is InChI=1S/C105H125Cl3N10O29/c1-12-15-32-117(10)33-16-31-110-98(132)84-66-44-63(120)45-68-82(66)65-37-57(23-28-67(65)105(68,136)137)64-46-73(122)83-60-41-76(142-74-29-24-58(38-69(74)107)87(124)85(72(121)40-61(43-79(109)123)95(129)112-83)114-97(131)71(36-51(4)5)118(11)102(135)139-35-14-3)91(77(42-60)143-75-30-25-59(39-70(75)108)90(86(99(133)113-84)115-96(64)130)145-81-48-104(9,94(128)53(7)141-81)116-101(134)138-34-13-2)147-100-92(89(126)88(125)78(50-119)144-100)146-80-47-103(8,93(127)52(6)140-80)111-49-54-17-19-55(20-18-54)56-21-26-62(106)27-22-56/h13-14,17-30,37-39,41-42,44-45,51-53,61,64,71,78,80-81,83-90,92-94,100,111,119-120,124-128,136-137H,2-3,12,15-16,31-36,40,43,46-50H2,1,4-11H3,(H2,109,123)(H,110,132)(H,112,129)(H,113,133)(H,114,131)(H,115,130)(H,116,134)/t52-,53-,61-,64?,71+,78?,80-,81-,83+,84-,85-,86?,87+,88+,89-,90?,92?,93-,94-,100-,103?,104?/m0/s1. The number of Topliss-reactive ketones (excluding diaryl/α,β-unsaturated/α-hetero) is 2. The van der Waals surface area contributed by atoms with Crippen molar-refractivity contribution in [2.75, 3.05) is 53.6 Å². The van der Waals surface area contributed by atoms with Gasteiger partial charge in [-0.05, 0) is 195 Å². The Kier molecular flexibility index (Phi) is 35.7. The number of hydrogen-bond acceptors (Lipinski definition) is 31. The number of carbonyl (C=O) groups is 10. The zero-order valence-corrected chi connectivity index (χ0v) is 84.7. The minimum atomic E-state index is -3.05. The second kappa shape index (κ2) is 47.4. The van der Waals surface area contributed by atoms with Crippen molar-refractivity contribution in [1.29, 1.82) is 0 Å². The molecule has 8 amide bonds. The zero-order chi connectivity index (χ0) is 106. The SMILES string of the molecule is C=CCOC(=O)NC1(C)C[C@H](OC2c3ccc(c(Cl)c3)Oc3cc4cc(c3O[C@@H]3OC(CO)[C@@H](O)[C@H](O)C3O[C@H]3CC(C)(NCc5ccc(-c6ccc(Cl)cc6)cc5)[C@@H](O)[C@H](C)O3)Oc3ccc(cc3Cl)[C@@H](O)[C@@H](NC(=O)[C@@H](CC(C)C)N(C)C(=O)OCC=C)C(=O)C[C@@H](CC(N)=O)C(=O)N[C@H]4C(=O)CC3C(=O)NC2C(=O)N[C@H](C(=O)NCCCN(C)CCCC)c2cc(O)cc4c2-c2cc3ccc2C4(O)O)O[C@@H](C)[C@@H]1O. The Balaban J connectivity index is 0.978. The number of fused-ring (bicyclic) bond motifs is 12. The molecule has 7 aromatic rings. The smallest absolute Gasteiger partial charge is 0.410 e. The highest BCUT2D eigenvalue weighted by Gasteiger charge is 2.55. The van der Waals surface area contributed by atoms with Gasteiger partial charge in [0.05, 0.1) is 52.3 Å². The number of phenolic OH excluding ortho intramolecular Hbond substituents is 1. The summed E-state index contributed by atoms with van der Waals surface area (Å²) in [4.78, 5) is 157. The summed E-state index contributed by atoms with van der Waals surface area (Å²) >= 11 is 21.2. The van der Waals surface area contributed by atoms with Gasteiger partial charge in [-0.15, -0.1) is 0 Å². The average molecular weight is 2100 g/mol. The minimum Gasteiger partial charge on any atom is -0.508 e. The van der Waals surface area contributed by atoms with Crippen molar-refractivity contribution in [1.82, 2.24) is 47.0 Å². The molecule has 790 valence electrons. The van der Waals surface area contributed by atoms with E-state index in [0.29, 0.717) is 18.0 Å². The summed E-state index contributed by atoms with van der Waals surface area (Å²) in [6.45, 7) is 18.7. The molecule has 0 saturated carbocycles. The zero-order valence-electron chi connectivity index (χ0n) is 82.4. The molecule has 7 aromatic carbocycles. The highest BCUT2D eigenvalue weighted by molar-refractivity contribution is 6.32. The van der Waals surface area contributed by atoms with Crippen LogP contribution in [0.1, 0.15) is 181 Å². The number of aliphatic hydroxyl groups excluding tert-OH is 6. The molecule has 11 bridgehead atoms. The van der Waals surface area contributed by atoms with E-state index in [-0.39, 0.29) is 89.8 Å². The van der Waals surface area contributed by atoms with Gasteiger partial charge >= 0.3 is 12.2 Å². The van der Waals surface area contributed by atoms with Crippen molar-refractivity contribution in [3.05, 3.63) is 212 Å². The molecule has 0 aromatic heterocycles. The summed E-state index contributed by atoms with van der Waals surface area (Å²) in [5.74, 6) is -20.2. The van der Waals surface area contributed by atoms with Gasteiger partial charge in [-0.1, -0.05) is 148 Å². The van der Waals surface area contributed by atoms with E-state index in [1.807, 2.05) is 50.4 Å². The number of halogens is 3. The van der Waals surface area contributed by atoms with Crippen LogP contribution in [-0.4, -0.2) is 265 Å². The maximum Gasteiger partial charge on any atom is 0.410 e. The fourth-order valence-corrected chi connectivity index (χ4v) is 20.2. The third-order valence-corrected chi connectivity index (χ3v) is 28.5. The van der Waals surface area contributed by atoms with E-state index in [4.69, 9.17) is 87.9 Å². The number of aliphatic hydroxyl groups is 8. The lowest BCUT2D eigenvalue weighted by Crippen LogP contribution is -2.65. The van der Waals surface area contributed by atoms with Gasteiger partial charge in [0, 0.05) is 73.9 Å². The van der Waals surface area contributed by atoms with Gasteiger partial charge in [0.25, 0.3) is 0 Å². The number of phenols is 1. The normalized spacial score (nSPS) is 27.6. The number of nitrogens with two attached hydrogens (primary N) is 1. The van der Waals surface area contributed by atoms with E-state index in [1.54, 1.807) is 39.8 Å². The van der Waals surface area contributed by atoms with Crippen molar-refractivity contribution < 1.29 is 141 Å². The van der Waals surface area contributed by atoms with E-state index < -0.39 is 280 Å². The van der Waals surface area contributed by atoms with Crippen molar-refractivity contribution in [2.45, 2.75) is 246 Å². The van der Waals surface area contributed by atoms with Crippen molar-refractivity contribution >= 4 is 94.0 Å². The number of ketones is 2. The van der Waals surface area contributed by atoms with Gasteiger partial charge in [-0.25, -0.2) is 9.59 Å². The molecule has 8 heterocycles. The first-order valence-electron chi connectivity index (χ1n) is 48.6. The Hall–Kier alpha value is -11.8. The number of alkyl carbamates (subject to hydrolysis) is 1. The Morgan fingerprint density at radius 1 is 0.667 bits per heavy atom. The van der Waals surface area contributed by atoms with Gasteiger partial charge in [-0.2, -0.15) is 0 Å². The molecular formula is C105H125Cl3N10O29. The van der Waals surface area contributed by atoms with Crippen molar-refractivity contribution in [3.8, 4) is 56.8 Å². The first kappa shape index (κ1) is 111. The summed E-state index contributed by atoms with van der Waals surface area (Å²) in [5.41, 5.74) is 3.34. The second-order valence-electron chi connectivity index (χ2n) is 39.1. The minimum absolute atomic E-state index is 0.0237. The van der Waals surface area contributed by atoms with Gasteiger partial charge in [0.2, 0.25) is 53.3 Å². The monoisotopic (exact) mass is 2090 g/mol. The summed E-state index contributed by atoms with van der Waals surface area (Å²) in [6, 6.07) is 20.2. The number of likely N-dealkylation sites (N-methyl/N-ethyl adjacent to an activating group) is 1. The van der Waals surface area contributed by atoms with Crippen molar-refractivity contribution in [3.63, 3.8) is 0 Å². The van der Waals surface area contributed by atoms with Crippen LogP contribution in [0.5, 0.6) is 34.5 Å². The maximum absolute atomic E-state index is 17.2. The summed E-state index contributed by atoms with van der Waals surface area (Å²) in [5, 5.41) is 129. The molecule has 16 rings (SSSR count). The molecule has 147 heavy (non-hydrogen) atoms. The van der Waals surface area contributed by atoms with Crippen LogP contribution in [0.15, 0.2) is 153 Å². The number of carbonyl (C=O) groups excluding carboxylic acids is 10. The number of hydrogen-bond donors (Lipinski definition) is 17. The topological polar surface area (TPSA) is 562 Å². The molecular weight excluding hydrogens is 1970 g/mol. The third kappa shape index (κ3) is 25.2. The van der Waals surface area contributed by atoms with E-state index in [0.717, 1.165) is 71.3 Å². The quantitative estimate of drug-likeness (QED) is 0.0110. The summed E-state index contributed by atoms with van der Waals surface area (Å²) < 4.78 is 64.8. The molecule has 3 saturated heterocycles. The van der Waals surface area contributed by atoms with Crippen LogP contribution >= 0.6 is 34.8 Å². The van der Waals surface area contributed by atoms with Crippen molar-refractivity contribution in [2.24, 2.45) is 17.6 Å². The Morgan fingerprint density at radius 2 is 1.28 bits per heavy atom. The number of benzene rings is 7. The number of aromatic hydroxyl groups is 1. The van der Waals surface area contributed by atoms with Gasteiger partial charge < -0.3 is 141 Å². The first-order valence-corrected chi connectivity index (χ1v) is 49.7. The van der Waals surface area contributed by atoms with Crippen LogP contribution in [0.25, 0.3) is 22.3 Å². The van der Waals surface area contributed by atoms with Gasteiger partial charge in [0.1, 0.15) is 97.3 Å². The van der Waals surface area contributed by atoms with E-state index in [9.17, 15) is 60.3 Å². The molecule has 18 N–H and O–H groups in total. The lowest BCUT2D eigenvalue weighted by Gasteiger charge is -2.48. The first-order chi connectivity index (χ1) is 69.8. The third-order valence-electron chi connectivity index (χ3n) is 27.6. The lowest BCUT2D eigenvalue weighted by molar-refractivity contribution is -0.334. The highest BCUT2D eigenvalue weighted by Crippen LogP contribution is 2.54. The van der Waals surface area contributed by atoms with Crippen LogP contribution in [0.2, 0.25) is 15.1 Å². The van der Waals surface area contributed by atoms with Crippen LogP contribution in [-0.2, 0) is 83.8 Å². The summed E-state index contributed by atoms with van der Waals surface area (Å²) in [7, 11) is 3.16. The molecule has 7 unspecified atom stereocenters. The van der Waals surface area contributed by atoms with Gasteiger partial charge in [0.15, 0.2) is 41.7 Å². The molecule has 39 nitrogen and oxygen atoms in total. The molecule has 1 aliphatic carbocycles. The molecule has 0 radical (unpaired) electrons. The number of nitrogens with zero attached hydrogens (tertiary/aromatic N) is 2. The van der Waals surface area contributed by atoms with Crippen LogP contribution in [0.4, 0.5) is 9.59 Å². The van der Waals surface area contributed by atoms with E-state index in [1.165, 1.54) is 81.6 Å².